The van der Waals surface area contributed by atoms with Gasteiger partial charge in [-0.1, -0.05) is 0 Å². The van der Waals surface area contributed by atoms with Crippen LogP contribution >= 0.6 is 0 Å². The predicted octanol–water partition coefficient (Wildman–Crippen LogP) is -1.67. The van der Waals surface area contributed by atoms with E-state index in [-0.39, 0.29) is 24.8 Å². The normalized spacial score (nSPS) is 16.4. The maximum Gasteiger partial charge on any atom is -1.00 e. The van der Waals surface area contributed by atoms with Crippen LogP contribution in [0.25, 0.3) is 0 Å². The average molecular weight is 423 g/mol. The van der Waals surface area contributed by atoms with Gasteiger partial charge in [0.05, 0.1) is 0 Å². The summed E-state index contributed by atoms with van der Waals surface area (Å²) in [6.45, 7) is 4.51. The summed E-state index contributed by atoms with van der Waals surface area (Å²) in [5, 5.41) is 0. The van der Waals surface area contributed by atoms with Gasteiger partial charge in [0.25, 0.3) is 0 Å². The molecule has 0 nitrogen and oxygen atoms in total. The van der Waals surface area contributed by atoms with Gasteiger partial charge in [-0.15, -0.1) is 0 Å². The van der Waals surface area contributed by atoms with Gasteiger partial charge in [0.15, 0.2) is 0 Å². The predicted molar refractivity (Wildman–Crippen MR) is 70.4 cm³/mol. The Hall–Kier alpha value is 0.966. The van der Waals surface area contributed by atoms with Crippen LogP contribution in [0.5, 0.6) is 0 Å². The average Bonchev–Trinajstić information content (AvgIpc) is 2.76. The standard InChI is InChI=1S/2C6H7.C2H6Ge.2ClH.Zr/c2*1-6-4-2-3-5-6;1-3-2;;;/h2*4-5H,2H2,1H3;1-2H3;2*1H;/q;;;;;+2/p-2. The first-order chi connectivity index (χ1) is 7.58. The van der Waals surface area contributed by atoms with E-state index >= 15 is 0 Å². The van der Waals surface area contributed by atoms with E-state index in [9.17, 15) is 0 Å². The van der Waals surface area contributed by atoms with Gasteiger partial charge in [-0.05, 0) is 0 Å². The van der Waals surface area contributed by atoms with Crippen LogP contribution in [0.2, 0.25) is 11.5 Å². The fraction of sp³-hybridized carbons (Fsp3) is 0.429. The van der Waals surface area contributed by atoms with Crippen LogP contribution in [-0.4, -0.2) is 9.98 Å². The first-order valence-electron chi connectivity index (χ1n) is 6.01. The Morgan fingerprint density at radius 2 is 1.28 bits per heavy atom. The smallest absolute Gasteiger partial charge is 1.00 e. The molecule has 2 aliphatic carbocycles. The van der Waals surface area contributed by atoms with E-state index in [0.29, 0.717) is 0 Å². The Morgan fingerprint density at radius 3 is 1.50 bits per heavy atom. The van der Waals surface area contributed by atoms with Crippen molar-refractivity contribution < 1.29 is 43.4 Å². The topological polar surface area (TPSA) is 0 Å². The van der Waals surface area contributed by atoms with Crippen molar-refractivity contribution in [2.75, 3.05) is 0 Å². The molecule has 4 heteroatoms. The monoisotopic (exact) mass is 422 g/mol. The van der Waals surface area contributed by atoms with Gasteiger partial charge < -0.3 is 24.8 Å². The van der Waals surface area contributed by atoms with E-state index in [1.807, 2.05) is 6.56 Å². The Bertz CT molecular complexity index is 440. The molecule has 0 aliphatic heterocycles. The van der Waals surface area contributed by atoms with Crippen LogP contribution in [0.15, 0.2) is 42.0 Å². The van der Waals surface area contributed by atoms with Gasteiger partial charge in [-0.25, -0.2) is 0 Å². The van der Waals surface area contributed by atoms with Crippen molar-refractivity contribution in [1.29, 1.82) is 0 Å². The molecule has 0 heterocycles. The third kappa shape index (κ3) is 4.51. The summed E-state index contributed by atoms with van der Waals surface area (Å²) >= 11 is -1.34. The van der Waals surface area contributed by atoms with Gasteiger partial charge in [0, 0.05) is 0 Å². The molecule has 0 aromatic rings. The van der Waals surface area contributed by atoms with Gasteiger partial charge in [-0.3, -0.25) is 0 Å². The van der Waals surface area contributed by atoms with Crippen molar-refractivity contribution in [2.45, 2.75) is 38.2 Å². The fourth-order valence-corrected chi connectivity index (χ4v) is 30.3. The molecule has 0 N–H and O–H groups in total. The SMILES string of the molecule is CC1=CC[C]([Zr+2]([C]2=CC(C)=CC2)=[Ge]([CH3])[CH3])=C1.[Cl-].[Cl-]. The Morgan fingerprint density at radius 1 is 0.889 bits per heavy atom. The summed E-state index contributed by atoms with van der Waals surface area (Å²) in [6.07, 6.45) is 12.5. The molecule has 0 aromatic heterocycles. The molecule has 0 saturated carbocycles. The molecule has 98 valence electrons. The minimum absolute atomic E-state index is 0. The summed E-state index contributed by atoms with van der Waals surface area (Å²) in [4.78, 5) is 0. The van der Waals surface area contributed by atoms with Gasteiger partial charge >= 0.3 is 109 Å². The molecular weight excluding hydrogens is 403 g/mol. The van der Waals surface area contributed by atoms with Crippen LogP contribution < -0.4 is 24.8 Å². The molecular formula is C14H20Cl2GeZr. The minimum Gasteiger partial charge on any atom is -1.00 e. The fourth-order valence-electron chi connectivity index (χ4n) is 2.52. The third-order valence-corrected chi connectivity index (χ3v) is 30.9. The summed E-state index contributed by atoms with van der Waals surface area (Å²) in [6, 6.07) is 0. The second kappa shape index (κ2) is 8.30. The van der Waals surface area contributed by atoms with Gasteiger partial charge in [-0.2, -0.15) is 0 Å². The zero-order valence-corrected chi connectivity index (χ0v) is 17.5. The molecule has 0 amide bonds. The number of halogens is 2. The number of hydrogen-bond acceptors (Lipinski definition) is 0. The largest absolute Gasteiger partial charge is 1.00 e. The first-order valence-corrected chi connectivity index (χ1v) is 20.1. The van der Waals surface area contributed by atoms with Crippen LogP contribution in [0.1, 0.15) is 26.7 Å². The van der Waals surface area contributed by atoms with Crippen molar-refractivity contribution >= 4 is 9.98 Å². The molecule has 0 spiro atoms. The molecule has 0 radical (unpaired) electrons. The third-order valence-electron chi connectivity index (χ3n) is 3.23. The second-order valence-electron chi connectivity index (χ2n) is 5.02. The molecule has 2 rings (SSSR count). The molecule has 2 aliphatic rings. The Labute approximate surface area is 132 Å². The Balaban J connectivity index is 0.00000144. The van der Waals surface area contributed by atoms with Crippen molar-refractivity contribution in [3.05, 3.63) is 42.0 Å². The molecule has 18 heavy (non-hydrogen) atoms. The van der Waals surface area contributed by atoms with E-state index in [0.717, 1.165) is 0 Å². The second-order valence-corrected chi connectivity index (χ2v) is 33.2. The van der Waals surface area contributed by atoms with Crippen molar-refractivity contribution in [2.24, 2.45) is 0 Å². The van der Waals surface area contributed by atoms with Crippen LogP contribution in [-0.2, 0) is 18.6 Å². The zero-order chi connectivity index (χ0) is 11.7. The molecule has 0 aromatic carbocycles. The summed E-state index contributed by atoms with van der Waals surface area (Å²) < 4.78 is 3.77. The zero-order valence-electron chi connectivity index (χ0n) is 11.5. The number of rotatable bonds is 2. The van der Waals surface area contributed by atoms with Crippen molar-refractivity contribution in [3.8, 4) is 0 Å². The minimum atomic E-state index is -1.34. The maximum absolute atomic E-state index is 2.60. The van der Waals surface area contributed by atoms with Crippen LogP contribution in [0.4, 0.5) is 0 Å². The molecule has 0 unspecified atom stereocenters. The molecule has 0 saturated heterocycles. The summed E-state index contributed by atoms with van der Waals surface area (Å²) in [7, 11) is -0.724. The quantitative estimate of drug-likeness (QED) is 0.467. The Kier molecular flexibility index (Phi) is 8.74. The van der Waals surface area contributed by atoms with E-state index in [4.69, 9.17) is 0 Å². The van der Waals surface area contributed by atoms with E-state index < -0.39 is 28.6 Å². The van der Waals surface area contributed by atoms with E-state index in [1.165, 1.54) is 24.0 Å². The van der Waals surface area contributed by atoms with E-state index in [1.54, 1.807) is 0 Å². The summed E-state index contributed by atoms with van der Waals surface area (Å²) in [5.41, 5.74) is 3.02. The number of allylic oxidation sites excluding steroid dienone is 8. The first kappa shape index (κ1) is 19.0. The summed E-state index contributed by atoms with van der Waals surface area (Å²) in [5.74, 6) is 5.19. The van der Waals surface area contributed by atoms with Gasteiger partial charge in [0.1, 0.15) is 0 Å². The van der Waals surface area contributed by atoms with Gasteiger partial charge in [0.2, 0.25) is 0 Å². The van der Waals surface area contributed by atoms with E-state index in [2.05, 4.69) is 49.7 Å². The van der Waals surface area contributed by atoms with Crippen molar-refractivity contribution in [3.63, 3.8) is 0 Å². The van der Waals surface area contributed by atoms with Crippen molar-refractivity contribution in [1.82, 2.24) is 0 Å². The van der Waals surface area contributed by atoms with Crippen LogP contribution in [0.3, 0.4) is 0 Å². The molecule has 0 bridgehead atoms. The molecule has 0 atom stereocenters. The molecule has 0 fully saturated rings. The van der Waals surface area contributed by atoms with Crippen LogP contribution in [0, 0.1) is 0 Å². The maximum atomic E-state index is 2.60. The number of hydrogen-bond donors (Lipinski definition) is 0.